The lowest BCUT2D eigenvalue weighted by Gasteiger charge is -2.21. The van der Waals surface area contributed by atoms with E-state index in [1.165, 1.54) is 32.7 Å². The summed E-state index contributed by atoms with van der Waals surface area (Å²) in [7, 11) is 4.53. The molecule has 2 heterocycles. The Kier molecular flexibility index (Phi) is 6.43. The van der Waals surface area contributed by atoms with Gasteiger partial charge in [0.1, 0.15) is 5.52 Å². The van der Waals surface area contributed by atoms with E-state index in [9.17, 15) is 4.79 Å². The lowest BCUT2D eigenvalue weighted by molar-refractivity contribution is 0.0984. The van der Waals surface area contributed by atoms with Crippen molar-refractivity contribution in [3.63, 3.8) is 0 Å². The molecule has 0 spiro atoms. The normalized spacial score (nSPS) is 10.8. The first kappa shape index (κ1) is 21.9. The van der Waals surface area contributed by atoms with Gasteiger partial charge in [0, 0.05) is 11.8 Å². The topological polar surface area (TPSA) is 73.8 Å². The number of fused-ring (bicyclic) bond motifs is 1. The number of methoxy groups -OCH3 is 3. The van der Waals surface area contributed by atoms with Crippen molar-refractivity contribution in [1.29, 1.82) is 0 Å². The molecule has 164 valence electrons. The van der Waals surface area contributed by atoms with Gasteiger partial charge in [-0.2, -0.15) is 0 Å². The van der Waals surface area contributed by atoms with E-state index in [4.69, 9.17) is 25.8 Å². The predicted molar refractivity (Wildman–Crippen MR) is 125 cm³/mol. The van der Waals surface area contributed by atoms with Crippen LogP contribution in [0, 0.1) is 0 Å². The molecule has 2 aromatic carbocycles. The Morgan fingerprint density at radius 1 is 1.03 bits per heavy atom. The maximum Gasteiger partial charge on any atom is 0.260 e. The number of para-hydroxylation sites is 1. The number of rotatable bonds is 7. The van der Waals surface area contributed by atoms with E-state index < -0.39 is 0 Å². The van der Waals surface area contributed by atoms with Crippen molar-refractivity contribution in [2.75, 3.05) is 26.2 Å². The lowest BCUT2D eigenvalue weighted by Crippen LogP contribution is -2.30. The molecule has 0 radical (unpaired) electrons. The number of thiazole rings is 1. The van der Waals surface area contributed by atoms with Crippen LogP contribution < -0.4 is 19.1 Å². The molecular weight excluding hydrogens is 450 g/mol. The molecule has 9 heteroatoms. The summed E-state index contributed by atoms with van der Waals surface area (Å²) in [6.07, 6.45) is 1.69. The van der Waals surface area contributed by atoms with Crippen molar-refractivity contribution in [2.45, 2.75) is 6.54 Å². The molecule has 4 aromatic rings. The number of carbonyl (C=O) groups is 1. The largest absolute Gasteiger partial charge is 0.493 e. The standard InChI is InChI=1S/C23H20ClN3O4S/c1-29-17-11-14(12-18(30-2)21(17)31-3)22(28)27(13-15-7-4-5-10-25-15)23-26-20-16(24)8-6-9-19(20)32-23/h4-12H,13H2,1-3H3. The highest BCUT2D eigenvalue weighted by molar-refractivity contribution is 7.22. The van der Waals surface area contributed by atoms with E-state index in [1.54, 1.807) is 29.3 Å². The van der Waals surface area contributed by atoms with Crippen LogP contribution in [0.15, 0.2) is 54.7 Å². The molecule has 0 atom stereocenters. The van der Waals surface area contributed by atoms with Crippen molar-refractivity contribution >= 4 is 44.2 Å². The summed E-state index contributed by atoms with van der Waals surface area (Å²) in [6, 6.07) is 14.4. The second-order valence-electron chi connectivity index (χ2n) is 6.71. The molecule has 4 rings (SSSR count). The summed E-state index contributed by atoms with van der Waals surface area (Å²) in [4.78, 5) is 24.3. The number of anilines is 1. The Hall–Kier alpha value is -3.36. The number of ether oxygens (including phenoxy) is 3. The van der Waals surface area contributed by atoms with Crippen LogP contribution in [0.25, 0.3) is 10.2 Å². The van der Waals surface area contributed by atoms with Crippen LogP contribution in [0.1, 0.15) is 16.1 Å². The summed E-state index contributed by atoms with van der Waals surface area (Å²) in [6.45, 7) is 0.230. The average Bonchev–Trinajstić information content (AvgIpc) is 3.27. The van der Waals surface area contributed by atoms with Crippen LogP contribution in [-0.2, 0) is 6.54 Å². The van der Waals surface area contributed by atoms with Crippen molar-refractivity contribution in [3.8, 4) is 17.2 Å². The summed E-state index contributed by atoms with van der Waals surface area (Å²) >= 11 is 7.71. The first-order valence-electron chi connectivity index (χ1n) is 9.62. The van der Waals surface area contributed by atoms with E-state index in [-0.39, 0.29) is 12.5 Å². The second kappa shape index (κ2) is 9.42. The second-order valence-corrected chi connectivity index (χ2v) is 8.13. The Labute approximate surface area is 194 Å². The molecule has 2 aromatic heterocycles. The molecular formula is C23H20ClN3O4S. The summed E-state index contributed by atoms with van der Waals surface area (Å²) < 4.78 is 17.1. The quantitative estimate of drug-likeness (QED) is 0.369. The first-order valence-corrected chi connectivity index (χ1v) is 10.8. The third-order valence-electron chi connectivity index (χ3n) is 4.79. The highest BCUT2D eigenvalue weighted by Crippen LogP contribution is 2.39. The zero-order valence-electron chi connectivity index (χ0n) is 17.7. The number of nitrogens with zero attached hydrogens (tertiary/aromatic N) is 3. The minimum atomic E-state index is -0.287. The zero-order valence-corrected chi connectivity index (χ0v) is 19.2. The molecule has 32 heavy (non-hydrogen) atoms. The fourth-order valence-corrected chi connectivity index (χ4v) is 4.52. The van der Waals surface area contributed by atoms with Gasteiger partial charge in [-0.3, -0.25) is 14.7 Å². The molecule has 0 aliphatic rings. The maximum atomic E-state index is 13.7. The van der Waals surface area contributed by atoms with Gasteiger partial charge in [-0.15, -0.1) is 0 Å². The lowest BCUT2D eigenvalue weighted by atomic mass is 10.1. The van der Waals surface area contributed by atoms with Gasteiger partial charge in [0.25, 0.3) is 5.91 Å². The molecule has 0 bridgehead atoms. The molecule has 7 nitrogen and oxygen atoms in total. The molecule has 0 saturated carbocycles. The highest BCUT2D eigenvalue weighted by atomic mass is 35.5. The molecule has 0 aliphatic heterocycles. The molecule has 0 N–H and O–H groups in total. The monoisotopic (exact) mass is 469 g/mol. The van der Waals surface area contributed by atoms with E-state index >= 15 is 0 Å². The van der Waals surface area contributed by atoms with Crippen LogP contribution in [-0.4, -0.2) is 37.2 Å². The van der Waals surface area contributed by atoms with Gasteiger partial charge >= 0.3 is 0 Å². The van der Waals surface area contributed by atoms with Crippen molar-refractivity contribution in [3.05, 3.63) is 71.0 Å². The molecule has 1 amide bonds. The van der Waals surface area contributed by atoms with Gasteiger partial charge in [0.2, 0.25) is 5.75 Å². The number of carbonyl (C=O) groups excluding carboxylic acids is 1. The van der Waals surface area contributed by atoms with Crippen LogP contribution >= 0.6 is 22.9 Å². The van der Waals surface area contributed by atoms with E-state index in [0.717, 1.165) is 10.4 Å². The zero-order chi connectivity index (χ0) is 22.7. The SMILES string of the molecule is COc1cc(C(=O)N(Cc2ccccn2)c2nc3c(Cl)cccc3s2)cc(OC)c1OC. The third kappa shape index (κ3) is 4.19. The van der Waals surface area contributed by atoms with E-state index in [1.807, 2.05) is 30.3 Å². The first-order chi connectivity index (χ1) is 15.5. The number of halogens is 1. The number of amides is 1. The van der Waals surface area contributed by atoms with Gasteiger partial charge in [-0.25, -0.2) is 4.98 Å². The molecule has 0 aliphatic carbocycles. The summed E-state index contributed by atoms with van der Waals surface area (Å²) in [5.41, 5.74) is 1.73. The Morgan fingerprint density at radius 2 is 1.78 bits per heavy atom. The minimum absolute atomic E-state index is 0.230. The summed E-state index contributed by atoms with van der Waals surface area (Å²) in [5, 5.41) is 1.04. The van der Waals surface area contributed by atoms with Crippen molar-refractivity contribution in [2.24, 2.45) is 0 Å². The maximum absolute atomic E-state index is 13.7. The number of pyridine rings is 1. The fourth-order valence-electron chi connectivity index (χ4n) is 3.26. The van der Waals surface area contributed by atoms with E-state index in [2.05, 4.69) is 9.97 Å². The van der Waals surface area contributed by atoms with Gasteiger partial charge in [0.05, 0.1) is 43.3 Å². The van der Waals surface area contributed by atoms with Crippen molar-refractivity contribution in [1.82, 2.24) is 9.97 Å². The van der Waals surface area contributed by atoms with Gasteiger partial charge in [-0.1, -0.05) is 35.1 Å². The smallest absolute Gasteiger partial charge is 0.260 e. The van der Waals surface area contributed by atoms with E-state index in [0.29, 0.717) is 38.5 Å². The predicted octanol–water partition coefficient (Wildman–Crippen LogP) is 5.22. The van der Waals surface area contributed by atoms with Gasteiger partial charge < -0.3 is 14.2 Å². The average molecular weight is 470 g/mol. The fraction of sp³-hybridized carbons (Fsp3) is 0.174. The van der Waals surface area contributed by atoms with Crippen molar-refractivity contribution < 1.29 is 19.0 Å². The number of benzene rings is 2. The third-order valence-corrected chi connectivity index (χ3v) is 6.14. The summed E-state index contributed by atoms with van der Waals surface area (Å²) in [5.74, 6) is 0.903. The Balaban J connectivity index is 1.82. The Morgan fingerprint density at radius 3 is 2.38 bits per heavy atom. The van der Waals surface area contributed by atoms with Crippen LogP contribution in [0.3, 0.4) is 0 Å². The molecule has 0 fully saturated rings. The molecule has 0 saturated heterocycles. The van der Waals surface area contributed by atoms with Crippen LogP contribution in [0.2, 0.25) is 5.02 Å². The van der Waals surface area contributed by atoms with Gasteiger partial charge in [-0.05, 0) is 36.4 Å². The van der Waals surface area contributed by atoms with Crippen LogP contribution in [0.4, 0.5) is 5.13 Å². The van der Waals surface area contributed by atoms with Gasteiger partial charge in [0.15, 0.2) is 16.6 Å². The number of aromatic nitrogens is 2. The molecule has 0 unspecified atom stereocenters. The Bertz CT molecular complexity index is 1240. The number of hydrogen-bond donors (Lipinski definition) is 0. The minimum Gasteiger partial charge on any atom is -0.493 e. The van der Waals surface area contributed by atoms with Crippen LogP contribution in [0.5, 0.6) is 17.2 Å². The number of hydrogen-bond acceptors (Lipinski definition) is 7. The highest BCUT2D eigenvalue weighted by Gasteiger charge is 2.25.